The minimum absolute atomic E-state index is 0.169. The van der Waals surface area contributed by atoms with Crippen LogP contribution in [0.1, 0.15) is 58.1 Å². The van der Waals surface area contributed by atoms with Crippen LogP contribution in [0.2, 0.25) is 0 Å². The van der Waals surface area contributed by atoms with Crippen LogP contribution in [0.25, 0.3) is 0 Å². The molecule has 0 bridgehead atoms. The minimum Gasteiger partial charge on any atom is -0.508 e. The second-order valence-electron chi connectivity index (χ2n) is 7.97. The molecule has 1 aliphatic heterocycles. The Kier molecular flexibility index (Phi) is 4.59. The molecule has 1 aliphatic rings. The van der Waals surface area contributed by atoms with Crippen LogP contribution >= 0.6 is 0 Å². The van der Waals surface area contributed by atoms with Gasteiger partial charge >= 0.3 is 0 Å². The van der Waals surface area contributed by atoms with Gasteiger partial charge in [-0.1, -0.05) is 13.0 Å². The zero-order chi connectivity index (χ0) is 18.2. The summed E-state index contributed by atoms with van der Waals surface area (Å²) >= 11 is 0. The largest absolute Gasteiger partial charge is 0.508 e. The molecule has 0 aromatic heterocycles. The summed E-state index contributed by atoms with van der Waals surface area (Å²) in [4.78, 5) is 7.07. The molecule has 132 valence electrons. The molecule has 25 heavy (non-hydrogen) atoms. The van der Waals surface area contributed by atoms with Crippen LogP contribution in [-0.4, -0.2) is 22.9 Å². The van der Waals surface area contributed by atoms with Crippen molar-refractivity contribution in [3.8, 4) is 5.75 Å². The molecule has 0 amide bonds. The highest BCUT2D eigenvalue weighted by Gasteiger charge is 2.37. The van der Waals surface area contributed by atoms with Gasteiger partial charge in [0.05, 0.1) is 5.69 Å². The van der Waals surface area contributed by atoms with Gasteiger partial charge in [0.25, 0.3) is 0 Å². The van der Waals surface area contributed by atoms with Crippen molar-refractivity contribution in [1.29, 1.82) is 0 Å². The van der Waals surface area contributed by atoms with E-state index in [4.69, 9.17) is 0 Å². The van der Waals surface area contributed by atoms with E-state index in [1.807, 2.05) is 18.3 Å². The predicted molar refractivity (Wildman–Crippen MR) is 107 cm³/mol. The van der Waals surface area contributed by atoms with Gasteiger partial charge in [-0.05, 0) is 87.6 Å². The second kappa shape index (κ2) is 6.55. The topological polar surface area (TPSA) is 35.8 Å². The molecule has 0 radical (unpaired) electrons. The summed E-state index contributed by atoms with van der Waals surface area (Å²) in [5, 5.41) is 9.36. The number of phenolic OH excluding ortho intramolecular Hbond substituents is 1. The van der Waals surface area contributed by atoms with Gasteiger partial charge in [0.1, 0.15) is 5.75 Å². The Labute approximate surface area is 151 Å². The van der Waals surface area contributed by atoms with Crippen LogP contribution in [0.3, 0.4) is 0 Å². The molecule has 1 N–H and O–H groups in total. The van der Waals surface area contributed by atoms with Crippen LogP contribution in [0.4, 0.5) is 11.4 Å². The summed E-state index contributed by atoms with van der Waals surface area (Å²) in [6.45, 7) is 11.5. The number of fused-ring (bicyclic) bond motifs is 1. The maximum Gasteiger partial charge on any atom is 0.115 e. The first kappa shape index (κ1) is 17.5. The summed E-state index contributed by atoms with van der Waals surface area (Å²) in [5.74, 6) is 0.792. The second-order valence-corrected chi connectivity index (χ2v) is 7.97. The zero-order valence-corrected chi connectivity index (χ0v) is 15.8. The van der Waals surface area contributed by atoms with Crippen molar-refractivity contribution < 1.29 is 5.11 Å². The van der Waals surface area contributed by atoms with Gasteiger partial charge in [0.15, 0.2) is 0 Å². The predicted octanol–water partition coefficient (Wildman–Crippen LogP) is 5.64. The van der Waals surface area contributed by atoms with Crippen LogP contribution in [0.15, 0.2) is 47.5 Å². The van der Waals surface area contributed by atoms with E-state index in [-0.39, 0.29) is 11.3 Å². The first-order valence-corrected chi connectivity index (χ1v) is 9.04. The number of aromatic hydroxyl groups is 1. The van der Waals surface area contributed by atoms with E-state index in [9.17, 15) is 5.11 Å². The zero-order valence-electron chi connectivity index (χ0n) is 15.8. The molecule has 3 heteroatoms. The highest BCUT2D eigenvalue weighted by molar-refractivity contribution is 5.83. The Hall–Kier alpha value is -2.29. The minimum atomic E-state index is 0.169. The van der Waals surface area contributed by atoms with Gasteiger partial charge in [-0.15, -0.1) is 0 Å². The molecule has 0 saturated carbocycles. The molecular weight excluding hydrogens is 308 g/mol. The lowest BCUT2D eigenvalue weighted by Gasteiger charge is -2.50. The summed E-state index contributed by atoms with van der Waals surface area (Å²) in [6, 6.07) is 14.1. The van der Waals surface area contributed by atoms with Crippen molar-refractivity contribution in [2.45, 2.75) is 58.5 Å². The van der Waals surface area contributed by atoms with E-state index in [2.05, 4.69) is 62.7 Å². The smallest absolute Gasteiger partial charge is 0.115 e. The highest BCUT2D eigenvalue weighted by Crippen LogP contribution is 2.44. The number of hydrogen-bond acceptors (Lipinski definition) is 3. The summed E-state index contributed by atoms with van der Waals surface area (Å²) in [5.41, 5.74) is 4.88. The monoisotopic (exact) mass is 336 g/mol. The third-order valence-corrected chi connectivity index (χ3v) is 5.03. The SMILES string of the molecule is CC(C)N1c2ccc(C=Nc3ccc(O)cc3)cc2[C@@H](C)CC1(C)C. The Morgan fingerprint density at radius 3 is 2.48 bits per heavy atom. The molecule has 0 fully saturated rings. The number of benzene rings is 2. The summed E-state index contributed by atoms with van der Waals surface area (Å²) in [7, 11) is 0. The van der Waals surface area contributed by atoms with Crippen molar-refractivity contribution in [3.05, 3.63) is 53.6 Å². The van der Waals surface area contributed by atoms with Crippen molar-refractivity contribution in [3.63, 3.8) is 0 Å². The van der Waals surface area contributed by atoms with E-state index in [0.717, 1.165) is 17.7 Å². The maximum atomic E-state index is 9.36. The van der Waals surface area contributed by atoms with E-state index >= 15 is 0 Å². The third kappa shape index (κ3) is 3.55. The summed E-state index contributed by atoms with van der Waals surface area (Å²) < 4.78 is 0. The molecule has 0 spiro atoms. The lowest BCUT2D eigenvalue weighted by atomic mass is 9.79. The maximum absolute atomic E-state index is 9.36. The summed E-state index contributed by atoms with van der Waals surface area (Å²) in [6.07, 6.45) is 3.05. The first-order chi connectivity index (χ1) is 11.8. The molecule has 2 aromatic carbocycles. The lowest BCUT2D eigenvalue weighted by Crippen LogP contribution is -2.51. The average molecular weight is 336 g/mol. The van der Waals surface area contributed by atoms with Crippen molar-refractivity contribution in [2.24, 2.45) is 4.99 Å². The van der Waals surface area contributed by atoms with E-state index in [1.165, 1.54) is 11.3 Å². The lowest BCUT2D eigenvalue weighted by molar-refractivity contribution is 0.356. The number of nitrogens with zero attached hydrogens (tertiary/aromatic N) is 2. The molecule has 2 aromatic rings. The van der Waals surface area contributed by atoms with E-state index < -0.39 is 0 Å². The van der Waals surface area contributed by atoms with E-state index in [1.54, 1.807) is 12.1 Å². The molecule has 0 saturated heterocycles. The number of phenols is 1. The number of anilines is 1. The molecule has 0 unspecified atom stereocenters. The van der Waals surface area contributed by atoms with Crippen molar-refractivity contribution >= 4 is 17.6 Å². The van der Waals surface area contributed by atoms with Crippen molar-refractivity contribution in [1.82, 2.24) is 0 Å². The number of rotatable bonds is 3. The van der Waals surface area contributed by atoms with Gasteiger partial charge < -0.3 is 10.0 Å². The molecule has 1 atom stereocenters. The highest BCUT2D eigenvalue weighted by atomic mass is 16.3. The number of hydrogen-bond donors (Lipinski definition) is 1. The number of aliphatic imine (C=N–C) groups is 1. The van der Waals surface area contributed by atoms with E-state index in [0.29, 0.717) is 12.0 Å². The van der Waals surface area contributed by atoms with Crippen molar-refractivity contribution in [2.75, 3.05) is 4.90 Å². The molecule has 3 rings (SSSR count). The normalized spacial score (nSPS) is 19.4. The molecule has 0 aliphatic carbocycles. The Morgan fingerprint density at radius 2 is 1.84 bits per heavy atom. The molecule has 3 nitrogen and oxygen atoms in total. The Balaban J connectivity index is 1.93. The van der Waals surface area contributed by atoms with Gasteiger partial charge in [0, 0.05) is 23.5 Å². The van der Waals surface area contributed by atoms with Gasteiger partial charge in [-0.3, -0.25) is 4.99 Å². The van der Waals surface area contributed by atoms with Gasteiger partial charge in [0.2, 0.25) is 0 Å². The average Bonchev–Trinajstić information content (AvgIpc) is 2.53. The van der Waals surface area contributed by atoms with Gasteiger partial charge in [-0.25, -0.2) is 0 Å². The molecule has 1 heterocycles. The van der Waals surface area contributed by atoms with Crippen LogP contribution < -0.4 is 4.90 Å². The van der Waals surface area contributed by atoms with Crippen LogP contribution in [-0.2, 0) is 0 Å². The fraction of sp³-hybridized carbons (Fsp3) is 0.409. The fourth-order valence-electron chi connectivity index (χ4n) is 4.22. The quantitative estimate of drug-likeness (QED) is 0.736. The van der Waals surface area contributed by atoms with Gasteiger partial charge in [-0.2, -0.15) is 0 Å². The molecular formula is C22H28N2O. The first-order valence-electron chi connectivity index (χ1n) is 9.04. The Bertz CT molecular complexity index is 775. The standard InChI is InChI=1S/C22H28N2O/c1-15(2)24-21-11-6-17(12-20(21)16(3)13-22(24,4)5)14-23-18-7-9-19(25)10-8-18/h6-12,14-16,25H,13H2,1-5H3/t16-/m0/s1. The van der Waals surface area contributed by atoms with Crippen LogP contribution in [0, 0.1) is 0 Å². The fourth-order valence-corrected chi connectivity index (χ4v) is 4.22. The third-order valence-electron chi connectivity index (χ3n) is 5.03. The van der Waals surface area contributed by atoms with Crippen LogP contribution in [0.5, 0.6) is 5.75 Å². The Morgan fingerprint density at radius 1 is 1.16 bits per heavy atom.